The first kappa shape index (κ1) is 16.5. The predicted octanol–water partition coefficient (Wildman–Crippen LogP) is 5.69. The van der Waals surface area contributed by atoms with Crippen molar-refractivity contribution in [2.45, 2.75) is 85.0 Å². The molecule has 110 valence electrons. The van der Waals surface area contributed by atoms with E-state index in [0.29, 0.717) is 5.78 Å². The largest absolute Gasteiger partial charge is 0.295 e. The summed E-state index contributed by atoms with van der Waals surface area (Å²) in [5.74, 6) is 2.08. The first-order chi connectivity index (χ1) is 9.19. The second kappa shape index (κ2) is 9.34. The lowest BCUT2D eigenvalue weighted by atomic mass is 9.85. The van der Waals surface area contributed by atoms with Crippen LogP contribution in [-0.4, -0.2) is 5.78 Å². The fourth-order valence-electron chi connectivity index (χ4n) is 3.24. The molecule has 1 rings (SSSR count). The third kappa shape index (κ3) is 6.40. The molecule has 0 aromatic carbocycles. The van der Waals surface area contributed by atoms with Crippen molar-refractivity contribution in [1.29, 1.82) is 0 Å². The van der Waals surface area contributed by atoms with Gasteiger partial charge in [-0.05, 0) is 37.2 Å². The van der Waals surface area contributed by atoms with Crippen LogP contribution in [0.2, 0.25) is 0 Å². The van der Waals surface area contributed by atoms with Crippen molar-refractivity contribution in [2.24, 2.45) is 11.8 Å². The fraction of sp³-hybridized carbons (Fsp3) is 0.833. The van der Waals surface area contributed by atoms with Crippen LogP contribution in [0.25, 0.3) is 0 Å². The van der Waals surface area contributed by atoms with Gasteiger partial charge >= 0.3 is 0 Å². The van der Waals surface area contributed by atoms with Crippen LogP contribution in [0.3, 0.4) is 0 Å². The summed E-state index contributed by atoms with van der Waals surface area (Å²) in [4.78, 5) is 11.4. The number of carbonyl (C=O) groups excluding carboxylic acids is 1. The Kier molecular flexibility index (Phi) is 8.09. The second-order valence-corrected chi connectivity index (χ2v) is 6.21. The van der Waals surface area contributed by atoms with Crippen LogP contribution in [-0.2, 0) is 4.79 Å². The quantitative estimate of drug-likeness (QED) is 0.523. The lowest BCUT2D eigenvalue weighted by molar-refractivity contribution is -0.115. The van der Waals surface area contributed by atoms with Gasteiger partial charge < -0.3 is 0 Å². The van der Waals surface area contributed by atoms with Gasteiger partial charge in [0.2, 0.25) is 0 Å². The Morgan fingerprint density at radius 2 is 1.63 bits per heavy atom. The number of hydrogen-bond acceptors (Lipinski definition) is 1. The van der Waals surface area contributed by atoms with Crippen LogP contribution in [0.5, 0.6) is 0 Å². The minimum Gasteiger partial charge on any atom is -0.295 e. The monoisotopic (exact) mass is 264 g/mol. The molecule has 1 atom stereocenters. The van der Waals surface area contributed by atoms with Crippen LogP contribution >= 0.6 is 0 Å². The molecule has 0 spiro atoms. The molecular formula is C18H32O. The van der Waals surface area contributed by atoms with E-state index < -0.39 is 0 Å². The number of ketones is 1. The molecule has 0 N–H and O–H groups in total. The Bertz CT molecular complexity index is 286. The summed E-state index contributed by atoms with van der Waals surface area (Å²) >= 11 is 0. The van der Waals surface area contributed by atoms with E-state index in [-0.39, 0.29) is 0 Å². The highest BCUT2D eigenvalue weighted by Crippen LogP contribution is 2.28. The molecule has 19 heavy (non-hydrogen) atoms. The lowest BCUT2D eigenvalue weighted by Crippen LogP contribution is -2.08. The molecule has 0 saturated heterocycles. The molecule has 1 aliphatic carbocycles. The van der Waals surface area contributed by atoms with Crippen LogP contribution in [0, 0.1) is 11.8 Å². The van der Waals surface area contributed by atoms with Gasteiger partial charge in [-0.2, -0.15) is 0 Å². The van der Waals surface area contributed by atoms with Crippen molar-refractivity contribution >= 4 is 5.78 Å². The van der Waals surface area contributed by atoms with Crippen molar-refractivity contribution in [1.82, 2.24) is 0 Å². The van der Waals surface area contributed by atoms with Gasteiger partial charge in [-0.1, -0.05) is 64.9 Å². The number of allylic oxidation sites excluding steroid dienone is 2. The van der Waals surface area contributed by atoms with Crippen LogP contribution < -0.4 is 0 Å². The zero-order valence-corrected chi connectivity index (χ0v) is 13.2. The summed E-state index contributed by atoms with van der Waals surface area (Å²) in [5.41, 5.74) is 1.42. The zero-order valence-electron chi connectivity index (χ0n) is 13.2. The molecule has 0 aromatic heterocycles. The Morgan fingerprint density at radius 3 is 2.21 bits per heavy atom. The van der Waals surface area contributed by atoms with E-state index in [0.717, 1.165) is 31.1 Å². The molecule has 0 aromatic rings. The van der Waals surface area contributed by atoms with Gasteiger partial charge in [0.05, 0.1) is 0 Å². The van der Waals surface area contributed by atoms with Crippen LogP contribution in [0.4, 0.5) is 0 Å². The predicted molar refractivity (Wildman–Crippen MR) is 83.3 cm³/mol. The molecule has 1 aliphatic rings. The fourth-order valence-corrected chi connectivity index (χ4v) is 3.24. The maximum absolute atomic E-state index is 11.4. The van der Waals surface area contributed by atoms with E-state index >= 15 is 0 Å². The average molecular weight is 264 g/mol. The SMILES string of the molecule is CCC(CC)CCCC(CC)CC1=CC(=O)CCC1. The number of rotatable bonds is 9. The standard InChI is InChI=1S/C18H32O/c1-4-15(5-2)9-7-10-16(6-3)13-17-11-8-12-18(19)14-17/h14-16H,4-13H2,1-3H3. The van der Waals surface area contributed by atoms with E-state index in [2.05, 4.69) is 20.8 Å². The molecule has 0 aliphatic heterocycles. The normalized spacial score (nSPS) is 17.7. The van der Waals surface area contributed by atoms with Gasteiger partial charge in [0, 0.05) is 6.42 Å². The maximum atomic E-state index is 11.4. The van der Waals surface area contributed by atoms with Gasteiger partial charge in [0.25, 0.3) is 0 Å². The van der Waals surface area contributed by atoms with Crippen molar-refractivity contribution < 1.29 is 4.79 Å². The number of hydrogen-bond donors (Lipinski definition) is 0. The highest BCUT2D eigenvalue weighted by Gasteiger charge is 2.15. The first-order valence-electron chi connectivity index (χ1n) is 8.41. The lowest BCUT2D eigenvalue weighted by Gasteiger charge is -2.20. The molecule has 1 nitrogen and oxygen atoms in total. The minimum atomic E-state index is 0.355. The Morgan fingerprint density at radius 1 is 1.00 bits per heavy atom. The topological polar surface area (TPSA) is 17.1 Å². The van der Waals surface area contributed by atoms with Gasteiger partial charge in [0.1, 0.15) is 0 Å². The van der Waals surface area contributed by atoms with Crippen LogP contribution in [0.1, 0.15) is 85.0 Å². The summed E-state index contributed by atoms with van der Waals surface area (Å²) in [7, 11) is 0. The molecule has 0 fully saturated rings. The number of carbonyl (C=O) groups is 1. The van der Waals surface area contributed by atoms with Gasteiger partial charge in [-0.3, -0.25) is 4.79 Å². The van der Waals surface area contributed by atoms with E-state index in [9.17, 15) is 4.79 Å². The third-order valence-electron chi connectivity index (χ3n) is 4.79. The summed E-state index contributed by atoms with van der Waals surface area (Å²) < 4.78 is 0. The summed E-state index contributed by atoms with van der Waals surface area (Å²) in [6.07, 6.45) is 14.1. The van der Waals surface area contributed by atoms with Crippen molar-refractivity contribution in [3.63, 3.8) is 0 Å². The molecule has 1 unspecified atom stereocenters. The summed E-state index contributed by atoms with van der Waals surface area (Å²) in [5, 5.41) is 0. The van der Waals surface area contributed by atoms with Gasteiger partial charge in [-0.25, -0.2) is 0 Å². The van der Waals surface area contributed by atoms with E-state index in [1.165, 1.54) is 50.5 Å². The molecule has 0 bridgehead atoms. The Balaban J connectivity index is 2.31. The average Bonchev–Trinajstić information content (AvgIpc) is 2.42. The van der Waals surface area contributed by atoms with Gasteiger partial charge in [-0.15, -0.1) is 0 Å². The molecule has 0 radical (unpaired) electrons. The van der Waals surface area contributed by atoms with Gasteiger partial charge in [0.15, 0.2) is 5.78 Å². The Hall–Kier alpha value is -0.590. The van der Waals surface area contributed by atoms with E-state index in [1.54, 1.807) is 0 Å². The van der Waals surface area contributed by atoms with E-state index in [1.807, 2.05) is 6.08 Å². The van der Waals surface area contributed by atoms with Crippen LogP contribution in [0.15, 0.2) is 11.6 Å². The third-order valence-corrected chi connectivity index (χ3v) is 4.79. The zero-order chi connectivity index (χ0) is 14.1. The smallest absolute Gasteiger partial charge is 0.155 e. The summed E-state index contributed by atoms with van der Waals surface area (Å²) in [6, 6.07) is 0. The molecule has 0 heterocycles. The van der Waals surface area contributed by atoms with Crippen molar-refractivity contribution in [3.05, 3.63) is 11.6 Å². The molecular weight excluding hydrogens is 232 g/mol. The molecule has 0 amide bonds. The molecule has 1 heteroatoms. The minimum absolute atomic E-state index is 0.355. The highest BCUT2D eigenvalue weighted by atomic mass is 16.1. The summed E-state index contributed by atoms with van der Waals surface area (Å²) in [6.45, 7) is 6.92. The van der Waals surface area contributed by atoms with E-state index in [4.69, 9.17) is 0 Å². The first-order valence-corrected chi connectivity index (χ1v) is 8.41. The van der Waals surface area contributed by atoms with Crippen molar-refractivity contribution in [2.75, 3.05) is 0 Å². The Labute approximate surface area is 119 Å². The molecule has 0 saturated carbocycles. The highest BCUT2D eigenvalue weighted by molar-refractivity contribution is 5.91. The van der Waals surface area contributed by atoms with Crippen molar-refractivity contribution in [3.8, 4) is 0 Å². The maximum Gasteiger partial charge on any atom is 0.155 e. The second-order valence-electron chi connectivity index (χ2n) is 6.21.